The number of ether oxygens (including phenoxy) is 1. The zero-order valence-corrected chi connectivity index (χ0v) is 12.2. The fourth-order valence-electron chi connectivity index (χ4n) is 2.64. The van der Waals surface area contributed by atoms with Crippen molar-refractivity contribution in [2.24, 2.45) is 5.92 Å². The van der Waals surface area contributed by atoms with Gasteiger partial charge >= 0.3 is 0 Å². The molecule has 20 heavy (non-hydrogen) atoms. The molecule has 0 spiro atoms. The predicted octanol–water partition coefficient (Wildman–Crippen LogP) is 3.88. The molecule has 1 aromatic carbocycles. The summed E-state index contributed by atoms with van der Waals surface area (Å²) in [5.41, 5.74) is 0.451. The zero-order chi connectivity index (χ0) is 14.3. The maximum absolute atomic E-state index is 10.8. The van der Waals surface area contributed by atoms with Gasteiger partial charge in [0.2, 0.25) is 0 Å². The van der Waals surface area contributed by atoms with E-state index in [0.29, 0.717) is 11.6 Å². The summed E-state index contributed by atoms with van der Waals surface area (Å²) in [6.07, 6.45) is 3.48. The molecule has 1 saturated carbocycles. The first-order chi connectivity index (χ1) is 9.56. The van der Waals surface area contributed by atoms with Crippen LogP contribution in [0.15, 0.2) is 12.1 Å². The normalized spacial score (nSPS) is 25.7. The molecule has 108 valence electrons. The SMILES string of the molecule is O=[N+]([O-])c1cc(Cl)c(NC2CCOC2C2CC2)c(Cl)c1. The number of hydrogen-bond donors (Lipinski definition) is 1. The second-order valence-corrected chi connectivity index (χ2v) is 6.07. The molecule has 1 aromatic rings. The Balaban J connectivity index is 1.81. The number of benzene rings is 1. The third-order valence-electron chi connectivity index (χ3n) is 3.79. The number of nitrogens with zero attached hydrogens (tertiary/aromatic N) is 1. The van der Waals surface area contributed by atoms with Gasteiger partial charge in [0.05, 0.1) is 32.8 Å². The molecule has 2 fully saturated rings. The zero-order valence-electron chi connectivity index (χ0n) is 10.6. The average molecular weight is 317 g/mol. The molecule has 1 saturated heterocycles. The monoisotopic (exact) mass is 316 g/mol. The smallest absolute Gasteiger partial charge is 0.272 e. The van der Waals surface area contributed by atoms with Crippen LogP contribution < -0.4 is 5.32 Å². The minimum Gasteiger partial charge on any atom is -0.377 e. The lowest BCUT2D eigenvalue weighted by Gasteiger charge is -2.22. The molecule has 2 aliphatic rings. The van der Waals surface area contributed by atoms with Crippen molar-refractivity contribution in [3.05, 3.63) is 32.3 Å². The van der Waals surface area contributed by atoms with Gasteiger partial charge in [-0.25, -0.2) is 0 Å². The van der Waals surface area contributed by atoms with Crippen molar-refractivity contribution < 1.29 is 9.66 Å². The summed E-state index contributed by atoms with van der Waals surface area (Å²) in [6, 6.07) is 2.80. The molecule has 0 bridgehead atoms. The minimum absolute atomic E-state index is 0.105. The first kappa shape index (κ1) is 13.9. The number of halogens is 2. The predicted molar refractivity (Wildman–Crippen MR) is 77.6 cm³/mol. The Morgan fingerprint density at radius 1 is 1.25 bits per heavy atom. The van der Waals surface area contributed by atoms with E-state index in [1.54, 1.807) is 0 Å². The Kier molecular flexibility index (Phi) is 3.75. The summed E-state index contributed by atoms with van der Waals surface area (Å²) >= 11 is 12.2. The molecule has 0 radical (unpaired) electrons. The van der Waals surface area contributed by atoms with E-state index < -0.39 is 4.92 Å². The Hall–Kier alpha value is -1.04. The highest BCUT2D eigenvalue weighted by Crippen LogP contribution is 2.41. The molecule has 1 heterocycles. The van der Waals surface area contributed by atoms with Crippen molar-refractivity contribution in [2.45, 2.75) is 31.4 Å². The average Bonchev–Trinajstić information content (AvgIpc) is 3.13. The van der Waals surface area contributed by atoms with Gasteiger partial charge in [0.15, 0.2) is 0 Å². The fourth-order valence-corrected chi connectivity index (χ4v) is 3.23. The van der Waals surface area contributed by atoms with Gasteiger partial charge in [-0.15, -0.1) is 0 Å². The highest BCUT2D eigenvalue weighted by molar-refractivity contribution is 6.39. The lowest BCUT2D eigenvalue weighted by atomic mass is 10.1. The summed E-state index contributed by atoms with van der Waals surface area (Å²) in [7, 11) is 0. The van der Waals surface area contributed by atoms with Crippen LogP contribution >= 0.6 is 23.2 Å². The number of nitro benzene ring substituents is 1. The summed E-state index contributed by atoms with van der Waals surface area (Å²) < 4.78 is 5.75. The Morgan fingerprint density at radius 3 is 2.45 bits per heavy atom. The maximum Gasteiger partial charge on any atom is 0.272 e. The van der Waals surface area contributed by atoms with E-state index >= 15 is 0 Å². The molecule has 5 nitrogen and oxygen atoms in total. The van der Waals surface area contributed by atoms with Crippen LogP contribution in [0.2, 0.25) is 10.0 Å². The van der Waals surface area contributed by atoms with Crippen LogP contribution in [-0.4, -0.2) is 23.7 Å². The number of anilines is 1. The number of nitro groups is 1. The number of nitrogens with one attached hydrogen (secondary N) is 1. The number of rotatable bonds is 4. The van der Waals surface area contributed by atoms with Crippen LogP contribution in [-0.2, 0) is 4.74 Å². The van der Waals surface area contributed by atoms with Crippen LogP contribution in [0.3, 0.4) is 0 Å². The molecule has 1 aliphatic heterocycles. The molecule has 7 heteroatoms. The third-order valence-corrected chi connectivity index (χ3v) is 4.39. The van der Waals surface area contributed by atoms with Gasteiger partial charge in [0.1, 0.15) is 0 Å². The van der Waals surface area contributed by atoms with E-state index in [2.05, 4.69) is 5.32 Å². The molecule has 0 amide bonds. The second kappa shape index (κ2) is 5.39. The lowest BCUT2D eigenvalue weighted by Crippen LogP contribution is -2.31. The molecule has 1 N–H and O–H groups in total. The van der Waals surface area contributed by atoms with Crippen molar-refractivity contribution in [2.75, 3.05) is 11.9 Å². The van der Waals surface area contributed by atoms with Crippen LogP contribution in [0.25, 0.3) is 0 Å². The van der Waals surface area contributed by atoms with Crippen molar-refractivity contribution in [1.82, 2.24) is 0 Å². The Morgan fingerprint density at radius 2 is 1.90 bits per heavy atom. The van der Waals surface area contributed by atoms with Crippen LogP contribution in [0, 0.1) is 16.0 Å². The van der Waals surface area contributed by atoms with Gasteiger partial charge in [0.25, 0.3) is 5.69 Å². The minimum atomic E-state index is -0.507. The van der Waals surface area contributed by atoms with E-state index in [4.69, 9.17) is 27.9 Å². The Labute approximate surface area is 126 Å². The van der Waals surface area contributed by atoms with Gasteiger partial charge in [-0.05, 0) is 25.2 Å². The highest BCUT2D eigenvalue weighted by atomic mass is 35.5. The van der Waals surface area contributed by atoms with Crippen molar-refractivity contribution in [3.8, 4) is 0 Å². The van der Waals surface area contributed by atoms with E-state index in [0.717, 1.165) is 13.0 Å². The van der Waals surface area contributed by atoms with Gasteiger partial charge in [-0.2, -0.15) is 0 Å². The topological polar surface area (TPSA) is 64.4 Å². The van der Waals surface area contributed by atoms with Gasteiger partial charge in [-0.1, -0.05) is 23.2 Å². The van der Waals surface area contributed by atoms with Crippen LogP contribution in [0.1, 0.15) is 19.3 Å². The molecular weight excluding hydrogens is 303 g/mol. The van der Waals surface area contributed by atoms with Crippen molar-refractivity contribution in [1.29, 1.82) is 0 Å². The van der Waals surface area contributed by atoms with Crippen molar-refractivity contribution >= 4 is 34.6 Å². The summed E-state index contributed by atoms with van der Waals surface area (Å²) in [5.74, 6) is 0.616. The third kappa shape index (κ3) is 2.71. The molecule has 2 atom stereocenters. The first-order valence-electron chi connectivity index (χ1n) is 6.58. The summed E-state index contributed by atoms with van der Waals surface area (Å²) in [6.45, 7) is 0.723. The van der Waals surface area contributed by atoms with E-state index in [-0.39, 0.29) is 27.9 Å². The molecule has 1 aliphatic carbocycles. The largest absolute Gasteiger partial charge is 0.377 e. The van der Waals surface area contributed by atoms with E-state index in [9.17, 15) is 10.1 Å². The lowest BCUT2D eigenvalue weighted by molar-refractivity contribution is -0.384. The maximum atomic E-state index is 10.8. The Bertz CT molecular complexity index is 525. The highest BCUT2D eigenvalue weighted by Gasteiger charge is 2.41. The number of non-ortho nitro benzene ring substituents is 1. The standard InChI is InChI=1S/C13H14Cl2N2O3/c14-9-5-8(17(18)19)6-10(15)12(9)16-11-3-4-20-13(11)7-1-2-7/h5-7,11,13,16H,1-4H2. The summed E-state index contributed by atoms with van der Waals surface area (Å²) in [4.78, 5) is 10.3. The molecular formula is C13H14Cl2N2O3. The first-order valence-corrected chi connectivity index (χ1v) is 7.33. The molecule has 2 unspecified atom stereocenters. The van der Waals surface area contributed by atoms with E-state index in [1.807, 2.05) is 0 Å². The van der Waals surface area contributed by atoms with Crippen LogP contribution in [0.4, 0.5) is 11.4 Å². The van der Waals surface area contributed by atoms with Crippen molar-refractivity contribution in [3.63, 3.8) is 0 Å². The quantitative estimate of drug-likeness (QED) is 0.676. The fraction of sp³-hybridized carbons (Fsp3) is 0.538. The second-order valence-electron chi connectivity index (χ2n) is 5.25. The van der Waals surface area contributed by atoms with E-state index in [1.165, 1.54) is 25.0 Å². The molecule has 3 rings (SSSR count). The van der Waals surface area contributed by atoms with Gasteiger partial charge in [-0.3, -0.25) is 10.1 Å². The summed E-state index contributed by atoms with van der Waals surface area (Å²) in [5, 5.41) is 14.6. The molecule has 0 aromatic heterocycles. The van der Waals surface area contributed by atoms with Crippen LogP contribution in [0.5, 0.6) is 0 Å². The van der Waals surface area contributed by atoms with Gasteiger partial charge < -0.3 is 10.1 Å². The number of hydrogen-bond acceptors (Lipinski definition) is 4. The van der Waals surface area contributed by atoms with Gasteiger partial charge in [0, 0.05) is 18.7 Å².